The summed E-state index contributed by atoms with van der Waals surface area (Å²) >= 11 is 7.34. The topological polar surface area (TPSA) is 99.3 Å². The number of nitro groups is 1. The molecule has 2 aromatic carbocycles. The van der Waals surface area contributed by atoms with Crippen molar-refractivity contribution in [3.05, 3.63) is 69.4 Å². The summed E-state index contributed by atoms with van der Waals surface area (Å²) in [5, 5.41) is 18.8. The first kappa shape index (κ1) is 19.7. The van der Waals surface area contributed by atoms with Crippen molar-refractivity contribution >= 4 is 40.8 Å². The van der Waals surface area contributed by atoms with E-state index in [0.717, 1.165) is 0 Å². The number of thioether (sulfide) groups is 1. The van der Waals surface area contributed by atoms with E-state index < -0.39 is 10.8 Å². The lowest BCUT2D eigenvalue weighted by atomic mass is 10.1. The number of rotatable bonds is 6. The van der Waals surface area contributed by atoms with Crippen LogP contribution in [0.25, 0.3) is 5.69 Å². The molecule has 1 N–H and O–H groups in total. The fraction of sp³-hybridized carbons (Fsp3) is 0.111. The first-order chi connectivity index (χ1) is 13.4. The van der Waals surface area contributed by atoms with Gasteiger partial charge in [0.05, 0.1) is 34.9 Å². The smallest absolute Gasteiger partial charge is 0.285 e. The number of anilines is 1. The molecule has 3 aromatic rings. The minimum atomic E-state index is -0.631. The lowest BCUT2D eigenvalue weighted by Gasteiger charge is -2.12. The molecule has 0 radical (unpaired) electrons. The molecule has 0 aliphatic rings. The van der Waals surface area contributed by atoms with Gasteiger partial charge >= 0.3 is 0 Å². The maximum atomic E-state index is 12.8. The highest BCUT2D eigenvalue weighted by Gasteiger charge is 2.24. The van der Waals surface area contributed by atoms with Crippen LogP contribution in [-0.4, -0.2) is 34.0 Å². The van der Waals surface area contributed by atoms with Gasteiger partial charge in [-0.3, -0.25) is 14.9 Å². The van der Waals surface area contributed by atoms with Gasteiger partial charge in [0.15, 0.2) is 0 Å². The number of hydrogen-bond acceptors (Lipinski definition) is 6. The fourth-order valence-corrected chi connectivity index (χ4v) is 3.36. The fourth-order valence-electron chi connectivity index (χ4n) is 2.60. The molecule has 1 amide bonds. The van der Waals surface area contributed by atoms with Crippen LogP contribution in [0.1, 0.15) is 10.4 Å². The molecule has 0 saturated heterocycles. The van der Waals surface area contributed by atoms with Gasteiger partial charge in [0.1, 0.15) is 17.1 Å². The zero-order valence-corrected chi connectivity index (χ0v) is 16.5. The van der Waals surface area contributed by atoms with E-state index in [9.17, 15) is 14.9 Å². The van der Waals surface area contributed by atoms with Crippen molar-refractivity contribution in [2.75, 3.05) is 18.7 Å². The van der Waals surface area contributed by atoms with Gasteiger partial charge in [-0.2, -0.15) is 5.10 Å². The van der Waals surface area contributed by atoms with Gasteiger partial charge in [-0.15, -0.1) is 11.8 Å². The van der Waals surface area contributed by atoms with Crippen molar-refractivity contribution in [2.45, 2.75) is 4.90 Å². The largest absolute Gasteiger partial charge is 0.495 e. The van der Waals surface area contributed by atoms with Crippen LogP contribution in [0, 0.1) is 10.1 Å². The molecule has 0 aliphatic carbocycles. The Morgan fingerprint density at radius 1 is 1.32 bits per heavy atom. The summed E-state index contributed by atoms with van der Waals surface area (Å²) in [6, 6.07) is 11.2. The monoisotopic (exact) mass is 418 g/mol. The quantitative estimate of drug-likeness (QED) is 0.361. The number of carbonyl (C=O) groups excluding carboxylic acids is 1. The van der Waals surface area contributed by atoms with Gasteiger partial charge in [0.25, 0.3) is 11.6 Å². The Kier molecular flexibility index (Phi) is 5.86. The van der Waals surface area contributed by atoms with E-state index in [1.165, 1.54) is 41.9 Å². The maximum absolute atomic E-state index is 12.8. The predicted octanol–water partition coefficient (Wildman–Crippen LogP) is 4.42. The standard InChI is InChI=1S/C18H15ClN4O4S/c1-27-15-10-14(23(25)26)13(9-16(15)28-2)18(24)21-17-6-7-20-22(17)12-5-3-4-11(19)8-12/h3-10H,1-2H3,(H,21,24). The number of carbonyl (C=O) groups is 1. The minimum absolute atomic E-state index is 0.0750. The van der Waals surface area contributed by atoms with Crippen LogP contribution in [0.3, 0.4) is 0 Å². The van der Waals surface area contributed by atoms with Crippen LogP contribution in [0.2, 0.25) is 5.02 Å². The highest BCUT2D eigenvalue weighted by molar-refractivity contribution is 7.98. The van der Waals surface area contributed by atoms with Crippen molar-refractivity contribution in [3.8, 4) is 11.4 Å². The van der Waals surface area contributed by atoms with Crippen molar-refractivity contribution in [1.82, 2.24) is 9.78 Å². The van der Waals surface area contributed by atoms with E-state index in [1.54, 1.807) is 36.6 Å². The Labute approximate surface area is 169 Å². The van der Waals surface area contributed by atoms with Crippen LogP contribution < -0.4 is 10.1 Å². The number of ether oxygens (including phenoxy) is 1. The van der Waals surface area contributed by atoms with Crippen molar-refractivity contribution in [1.29, 1.82) is 0 Å². The molecule has 28 heavy (non-hydrogen) atoms. The molecule has 0 fully saturated rings. The highest BCUT2D eigenvalue weighted by Crippen LogP contribution is 2.34. The number of methoxy groups -OCH3 is 1. The SMILES string of the molecule is COc1cc([N+](=O)[O-])c(C(=O)Nc2ccnn2-c2cccc(Cl)c2)cc1SC. The molecule has 1 aromatic heterocycles. The third-order valence-electron chi connectivity index (χ3n) is 3.88. The molecule has 0 atom stereocenters. The Bertz CT molecular complexity index is 1050. The number of nitrogens with zero attached hydrogens (tertiary/aromatic N) is 3. The van der Waals surface area contributed by atoms with Gasteiger partial charge in [0.2, 0.25) is 0 Å². The summed E-state index contributed by atoms with van der Waals surface area (Å²) in [5.74, 6) is 0.0521. The molecule has 0 spiro atoms. The number of hydrogen-bond donors (Lipinski definition) is 1. The van der Waals surface area contributed by atoms with Gasteiger partial charge in [-0.05, 0) is 30.5 Å². The molecule has 3 rings (SSSR count). The maximum Gasteiger partial charge on any atom is 0.285 e. The van der Waals surface area contributed by atoms with Crippen LogP contribution in [0.5, 0.6) is 5.75 Å². The summed E-state index contributed by atoms with van der Waals surface area (Å²) in [6.07, 6.45) is 3.30. The Morgan fingerprint density at radius 3 is 2.75 bits per heavy atom. The summed E-state index contributed by atoms with van der Waals surface area (Å²) in [7, 11) is 1.42. The molecule has 144 valence electrons. The average Bonchev–Trinajstić information content (AvgIpc) is 3.14. The average molecular weight is 419 g/mol. The minimum Gasteiger partial charge on any atom is -0.495 e. The second-order valence-electron chi connectivity index (χ2n) is 5.54. The van der Waals surface area contributed by atoms with Gasteiger partial charge in [0, 0.05) is 11.1 Å². The lowest BCUT2D eigenvalue weighted by Crippen LogP contribution is -2.17. The zero-order chi connectivity index (χ0) is 20.3. The van der Waals surface area contributed by atoms with E-state index in [2.05, 4.69) is 10.4 Å². The third kappa shape index (κ3) is 3.95. The lowest BCUT2D eigenvalue weighted by molar-refractivity contribution is -0.385. The highest BCUT2D eigenvalue weighted by atomic mass is 35.5. The normalized spacial score (nSPS) is 10.5. The van der Waals surface area contributed by atoms with E-state index in [-0.39, 0.29) is 11.3 Å². The van der Waals surface area contributed by atoms with Crippen LogP contribution in [-0.2, 0) is 0 Å². The molecule has 0 bridgehead atoms. The first-order valence-electron chi connectivity index (χ1n) is 7.96. The molecule has 0 saturated carbocycles. The molecular weight excluding hydrogens is 404 g/mol. The molecule has 8 nitrogen and oxygen atoms in total. The Balaban J connectivity index is 1.99. The van der Waals surface area contributed by atoms with E-state index >= 15 is 0 Å². The number of amides is 1. The van der Waals surface area contributed by atoms with E-state index in [4.69, 9.17) is 16.3 Å². The van der Waals surface area contributed by atoms with Crippen molar-refractivity contribution in [3.63, 3.8) is 0 Å². The van der Waals surface area contributed by atoms with Crippen LogP contribution in [0.15, 0.2) is 53.6 Å². The summed E-state index contributed by atoms with van der Waals surface area (Å²) in [6.45, 7) is 0. The number of nitro benzene ring substituents is 1. The van der Waals surface area contributed by atoms with Gasteiger partial charge < -0.3 is 10.1 Å². The number of halogens is 1. The second kappa shape index (κ2) is 8.32. The predicted molar refractivity (Wildman–Crippen MR) is 108 cm³/mol. The zero-order valence-electron chi connectivity index (χ0n) is 14.9. The van der Waals surface area contributed by atoms with E-state index in [0.29, 0.717) is 27.2 Å². The van der Waals surface area contributed by atoms with Crippen LogP contribution in [0.4, 0.5) is 11.5 Å². The second-order valence-corrected chi connectivity index (χ2v) is 6.83. The van der Waals surface area contributed by atoms with Gasteiger partial charge in [-0.1, -0.05) is 17.7 Å². The van der Waals surface area contributed by atoms with Crippen LogP contribution >= 0.6 is 23.4 Å². The molecule has 0 unspecified atom stereocenters. The Hall–Kier alpha value is -3.04. The van der Waals surface area contributed by atoms with Crippen molar-refractivity contribution in [2.24, 2.45) is 0 Å². The molecular formula is C18H15ClN4O4S. The molecule has 0 aliphatic heterocycles. The number of nitrogens with one attached hydrogen (secondary N) is 1. The number of aromatic nitrogens is 2. The first-order valence-corrected chi connectivity index (χ1v) is 9.56. The summed E-state index contributed by atoms with van der Waals surface area (Å²) in [5.41, 5.74) is 0.219. The van der Waals surface area contributed by atoms with E-state index in [1.807, 2.05) is 0 Å². The third-order valence-corrected chi connectivity index (χ3v) is 4.87. The number of benzene rings is 2. The molecule has 1 heterocycles. The van der Waals surface area contributed by atoms with Gasteiger partial charge in [-0.25, -0.2) is 4.68 Å². The molecule has 10 heteroatoms. The summed E-state index contributed by atoms with van der Waals surface area (Å²) < 4.78 is 6.65. The Morgan fingerprint density at radius 2 is 2.11 bits per heavy atom. The van der Waals surface area contributed by atoms with Crippen molar-refractivity contribution < 1.29 is 14.5 Å². The summed E-state index contributed by atoms with van der Waals surface area (Å²) in [4.78, 5) is 24.3.